The minimum atomic E-state index is -1.32. The van der Waals surface area contributed by atoms with Crippen LogP contribution >= 0.6 is 0 Å². The van der Waals surface area contributed by atoms with E-state index in [1.54, 1.807) is 12.1 Å². The summed E-state index contributed by atoms with van der Waals surface area (Å²) in [7, 11) is 0. The molecule has 7 heteroatoms. The van der Waals surface area contributed by atoms with Gasteiger partial charge in [0.25, 0.3) is 0 Å². The third-order valence-electron chi connectivity index (χ3n) is 5.72. The van der Waals surface area contributed by atoms with Crippen LogP contribution in [-0.4, -0.2) is 5.54 Å². The molecule has 0 bridgehead atoms. The molecule has 0 unspecified atom stereocenters. The van der Waals surface area contributed by atoms with E-state index >= 15 is 0 Å². The lowest BCUT2D eigenvalue weighted by atomic mass is 9.83. The fourth-order valence-corrected chi connectivity index (χ4v) is 4.51. The van der Waals surface area contributed by atoms with Gasteiger partial charge in [0.15, 0.2) is 23.2 Å². The van der Waals surface area contributed by atoms with E-state index in [2.05, 4.69) is 5.32 Å². The molecule has 1 N–H and O–H groups in total. The summed E-state index contributed by atoms with van der Waals surface area (Å²) in [6.45, 7) is 5.87. The smallest absolute Gasteiger partial charge is 0.171 e. The molecule has 3 aromatic carbocycles. The van der Waals surface area contributed by atoms with Crippen molar-refractivity contribution in [1.82, 2.24) is 0 Å². The maximum Gasteiger partial charge on any atom is 0.171 e. The van der Waals surface area contributed by atoms with Crippen LogP contribution in [-0.2, 0) is 0 Å². The molecule has 0 aliphatic carbocycles. The number of rotatable bonds is 1. The molecule has 3 aromatic rings. The Morgan fingerprint density at radius 2 is 1.55 bits per heavy atom. The van der Waals surface area contributed by atoms with Crippen LogP contribution in [0.1, 0.15) is 37.5 Å². The average molecular weight is 455 g/mol. The van der Waals surface area contributed by atoms with Crippen molar-refractivity contribution in [1.29, 1.82) is 0 Å². The van der Waals surface area contributed by atoms with Crippen LogP contribution < -0.4 is 10.1 Å². The van der Waals surface area contributed by atoms with E-state index in [0.29, 0.717) is 34.9 Å². The summed E-state index contributed by atoms with van der Waals surface area (Å²) in [5.41, 5.74) is 2.83. The van der Waals surface area contributed by atoms with E-state index in [9.17, 15) is 22.0 Å². The molecule has 0 amide bonds. The fraction of sp³-hybridized carbons (Fsp3) is 0.154. The van der Waals surface area contributed by atoms with E-state index in [4.69, 9.17) is 4.74 Å². The Hall–Kier alpha value is -3.61. The van der Waals surface area contributed by atoms with Gasteiger partial charge in [-0.15, -0.1) is 0 Å². The normalized spacial score (nSPS) is 16.8. The minimum Gasteiger partial charge on any atom is -0.453 e. The molecular weight excluding hydrogens is 437 g/mol. The number of fused-ring (bicyclic) bond motifs is 5. The molecule has 0 atom stereocenters. The summed E-state index contributed by atoms with van der Waals surface area (Å²) >= 11 is 0. The molecule has 168 valence electrons. The van der Waals surface area contributed by atoms with Crippen molar-refractivity contribution in [2.24, 2.45) is 0 Å². The SMILES string of the molecule is CC1=CC(C)(C)Nc2ccc3c(c21)C(=Cc1cc(F)c(F)cc1F)Oc1c(F)cc(F)cc1-3. The number of halogens is 5. The van der Waals surface area contributed by atoms with Crippen LogP contribution in [0.2, 0.25) is 0 Å². The molecule has 0 spiro atoms. The van der Waals surface area contributed by atoms with Gasteiger partial charge in [0.05, 0.1) is 5.54 Å². The van der Waals surface area contributed by atoms with Crippen molar-refractivity contribution < 1.29 is 26.7 Å². The van der Waals surface area contributed by atoms with E-state index < -0.39 is 29.1 Å². The highest BCUT2D eigenvalue weighted by Gasteiger charge is 2.33. The van der Waals surface area contributed by atoms with Crippen molar-refractivity contribution in [2.45, 2.75) is 26.3 Å². The molecule has 2 nitrogen and oxygen atoms in total. The van der Waals surface area contributed by atoms with Gasteiger partial charge in [0, 0.05) is 40.1 Å². The van der Waals surface area contributed by atoms with Gasteiger partial charge >= 0.3 is 0 Å². The zero-order chi connectivity index (χ0) is 23.7. The van der Waals surface area contributed by atoms with Gasteiger partial charge in [-0.05, 0) is 56.2 Å². The van der Waals surface area contributed by atoms with Crippen LogP contribution in [0, 0.1) is 29.1 Å². The highest BCUT2D eigenvalue weighted by Crippen LogP contribution is 2.50. The van der Waals surface area contributed by atoms with Crippen LogP contribution in [0.3, 0.4) is 0 Å². The fourth-order valence-electron chi connectivity index (χ4n) is 4.51. The third kappa shape index (κ3) is 3.48. The summed E-state index contributed by atoms with van der Waals surface area (Å²) in [5, 5.41) is 3.38. The molecule has 0 radical (unpaired) electrons. The first kappa shape index (κ1) is 21.2. The number of hydrogen-bond donors (Lipinski definition) is 1. The summed E-state index contributed by atoms with van der Waals surface area (Å²) in [5.74, 6) is -5.48. The Morgan fingerprint density at radius 3 is 2.30 bits per heavy atom. The molecular formula is C26H18F5NO. The number of anilines is 1. The monoisotopic (exact) mass is 455 g/mol. The Labute approximate surface area is 187 Å². The second-order valence-electron chi connectivity index (χ2n) is 8.75. The summed E-state index contributed by atoms with van der Waals surface area (Å²) < 4.78 is 76.3. The van der Waals surface area contributed by atoms with Crippen LogP contribution in [0.5, 0.6) is 5.75 Å². The number of benzene rings is 3. The summed E-state index contributed by atoms with van der Waals surface area (Å²) in [6, 6.07) is 6.50. The van der Waals surface area contributed by atoms with Crippen molar-refractivity contribution in [3.63, 3.8) is 0 Å². The predicted molar refractivity (Wildman–Crippen MR) is 118 cm³/mol. The first-order chi connectivity index (χ1) is 15.5. The topological polar surface area (TPSA) is 21.3 Å². The molecule has 2 aliphatic rings. The second kappa shape index (κ2) is 7.20. The van der Waals surface area contributed by atoms with Crippen molar-refractivity contribution in [2.75, 3.05) is 5.32 Å². The van der Waals surface area contributed by atoms with Crippen LogP contribution in [0.15, 0.2) is 42.5 Å². The van der Waals surface area contributed by atoms with Gasteiger partial charge in [-0.25, -0.2) is 22.0 Å². The molecule has 2 aliphatic heterocycles. The third-order valence-corrected chi connectivity index (χ3v) is 5.72. The maximum absolute atomic E-state index is 14.7. The summed E-state index contributed by atoms with van der Waals surface area (Å²) in [4.78, 5) is 0. The van der Waals surface area contributed by atoms with Gasteiger partial charge in [0.1, 0.15) is 17.4 Å². The van der Waals surface area contributed by atoms with Gasteiger partial charge in [0.2, 0.25) is 0 Å². The number of nitrogens with one attached hydrogen (secondary N) is 1. The Kier molecular flexibility index (Phi) is 4.64. The zero-order valence-corrected chi connectivity index (χ0v) is 17.9. The number of hydrogen-bond acceptors (Lipinski definition) is 2. The molecule has 33 heavy (non-hydrogen) atoms. The maximum atomic E-state index is 14.7. The van der Waals surface area contributed by atoms with Gasteiger partial charge in [-0.2, -0.15) is 0 Å². The zero-order valence-electron chi connectivity index (χ0n) is 17.9. The molecule has 0 saturated carbocycles. The highest BCUT2D eigenvalue weighted by atomic mass is 19.2. The quantitative estimate of drug-likeness (QED) is 0.302. The lowest BCUT2D eigenvalue weighted by Crippen LogP contribution is -2.32. The number of allylic oxidation sites excluding steroid dienone is 1. The molecule has 0 saturated heterocycles. The van der Waals surface area contributed by atoms with E-state index in [1.807, 2.05) is 26.8 Å². The van der Waals surface area contributed by atoms with Gasteiger partial charge in [-0.3, -0.25) is 0 Å². The van der Waals surface area contributed by atoms with Crippen LogP contribution in [0.25, 0.3) is 28.5 Å². The first-order valence-electron chi connectivity index (χ1n) is 10.2. The average Bonchev–Trinajstić information content (AvgIpc) is 2.71. The standard InChI is InChI=1S/C26H18F5NO/c1-12-11-26(2,3)32-21-5-4-15-16-8-14(27)9-20(31)25(16)33-22(24(15)23(12)21)7-13-6-18(29)19(30)10-17(13)28/h4-11,32H,1-3H3. The molecule has 0 aromatic heterocycles. The lowest BCUT2D eigenvalue weighted by Gasteiger charge is -2.35. The highest BCUT2D eigenvalue weighted by molar-refractivity contribution is 6.00. The molecule has 5 rings (SSSR count). The van der Waals surface area contributed by atoms with Crippen molar-refractivity contribution in [3.8, 4) is 16.9 Å². The Bertz CT molecular complexity index is 1400. The van der Waals surface area contributed by atoms with Gasteiger partial charge in [-0.1, -0.05) is 12.1 Å². The largest absolute Gasteiger partial charge is 0.453 e. The Balaban J connectivity index is 1.84. The summed E-state index contributed by atoms with van der Waals surface area (Å²) in [6.07, 6.45) is 3.18. The van der Waals surface area contributed by atoms with E-state index in [-0.39, 0.29) is 28.2 Å². The number of ether oxygens (including phenoxy) is 1. The van der Waals surface area contributed by atoms with Crippen molar-refractivity contribution >= 4 is 23.1 Å². The predicted octanol–water partition coefficient (Wildman–Crippen LogP) is 7.55. The van der Waals surface area contributed by atoms with Crippen LogP contribution in [0.4, 0.5) is 27.6 Å². The molecule has 2 heterocycles. The second-order valence-corrected chi connectivity index (χ2v) is 8.75. The minimum absolute atomic E-state index is 0.0269. The van der Waals surface area contributed by atoms with E-state index in [1.165, 1.54) is 6.08 Å². The van der Waals surface area contributed by atoms with Crippen molar-refractivity contribution in [3.05, 3.63) is 88.3 Å². The van der Waals surface area contributed by atoms with Gasteiger partial charge < -0.3 is 10.1 Å². The van der Waals surface area contributed by atoms with E-state index in [0.717, 1.165) is 17.3 Å². The lowest BCUT2D eigenvalue weighted by molar-refractivity contribution is 0.459. The Morgan fingerprint density at radius 1 is 0.818 bits per heavy atom. The first-order valence-corrected chi connectivity index (χ1v) is 10.2. The molecule has 0 fully saturated rings.